The summed E-state index contributed by atoms with van der Waals surface area (Å²) in [5, 5.41) is 2.78. The van der Waals surface area contributed by atoms with Gasteiger partial charge in [0, 0.05) is 18.3 Å². The molecule has 3 heterocycles. The smallest absolute Gasteiger partial charge is 0.310 e. The Bertz CT molecular complexity index is 1080. The van der Waals surface area contributed by atoms with Gasteiger partial charge in [-0.1, -0.05) is 18.2 Å². The van der Waals surface area contributed by atoms with Crippen molar-refractivity contribution < 1.29 is 37.8 Å². The Kier molecular flexibility index (Phi) is 7.78. The molecule has 0 radical (unpaired) electrons. The summed E-state index contributed by atoms with van der Waals surface area (Å²) in [5.41, 5.74) is 0.0670. The van der Waals surface area contributed by atoms with Gasteiger partial charge in [-0.15, -0.1) is 0 Å². The van der Waals surface area contributed by atoms with Crippen LogP contribution < -0.4 is 10.2 Å². The predicted molar refractivity (Wildman–Crippen MR) is 124 cm³/mol. The van der Waals surface area contributed by atoms with Crippen LogP contribution in [0.25, 0.3) is 0 Å². The first-order chi connectivity index (χ1) is 17.3. The summed E-state index contributed by atoms with van der Waals surface area (Å²) in [6, 6.07) is 2.11. The lowest BCUT2D eigenvalue weighted by atomic mass is 10.0. The van der Waals surface area contributed by atoms with Crippen molar-refractivity contribution in [1.82, 2.24) is 10.2 Å². The van der Waals surface area contributed by atoms with Crippen LogP contribution in [0.2, 0.25) is 0 Å². The molecule has 3 aliphatic heterocycles. The van der Waals surface area contributed by atoms with E-state index in [0.717, 1.165) is 11.0 Å². The fourth-order valence-electron chi connectivity index (χ4n) is 5.06. The minimum Gasteiger partial charge on any atom is -0.433 e. The molecule has 3 aliphatic rings. The largest absolute Gasteiger partial charge is 0.433 e. The molecule has 2 unspecified atom stereocenters. The molecule has 0 aliphatic carbocycles. The van der Waals surface area contributed by atoms with Gasteiger partial charge in [-0.2, -0.15) is 0 Å². The van der Waals surface area contributed by atoms with Crippen LogP contribution in [0.3, 0.4) is 0 Å². The number of halogens is 1. The van der Waals surface area contributed by atoms with Crippen LogP contribution >= 0.6 is 0 Å². The Labute approximate surface area is 207 Å². The van der Waals surface area contributed by atoms with Gasteiger partial charge in [0.15, 0.2) is 0 Å². The first kappa shape index (κ1) is 25.5. The molecule has 0 aromatic heterocycles. The monoisotopic (exact) mass is 501 g/mol. The normalized spacial score (nSPS) is 27.6. The molecule has 0 spiro atoms. The number of esters is 1. The molecule has 2 saturated heterocycles. The van der Waals surface area contributed by atoms with E-state index in [-0.39, 0.29) is 37.5 Å². The number of ether oxygens (including phenoxy) is 2. The molecule has 2 fully saturated rings. The average Bonchev–Trinajstić information content (AvgIpc) is 3.42. The van der Waals surface area contributed by atoms with Crippen molar-refractivity contribution in [1.29, 1.82) is 0 Å². The topological polar surface area (TPSA) is 122 Å². The molecule has 192 valence electrons. The fourth-order valence-corrected chi connectivity index (χ4v) is 5.06. The number of benzene rings is 1. The van der Waals surface area contributed by atoms with E-state index in [0.29, 0.717) is 19.3 Å². The van der Waals surface area contributed by atoms with Crippen LogP contribution in [-0.2, 0) is 33.4 Å². The maximum atomic E-state index is 14.0. The molecule has 36 heavy (non-hydrogen) atoms. The minimum atomic E-state index is -1.15. The minimum absolute atomic E-state index is 0.0486. The molecular weight excluding hydrogens is 473 g/mol. The van der Waals surface area contributed by atoms with Gasteiger partial charge in [-0.25, -0.2) is 4.39 Å². The summed E-state index contributed by atoms with van der Waals surface area (Å²) in [6.45, 7) is 2.03. The number of carbonyl (C=O) groups excluding carboxylic acids is 5. The second-order valence-corrected chi connectivity index (χ2v) is 8.89. The Hall–Kier alpha value is -3.60. The lowest BCUT2D eigenvalue weighted by Gasteiger charge is -2.38. The Morgan fingerprint density at radius 3 is 2.75 bits per heavy atom. The predicted octanol–water partition coefficient (Wildman–Crippen LogP) is 1.23. The summed E-state index contributed by atoms with van der Waals surface area (Å²) in [5.74, 6) is -3.08. The van der Waals surface area contributed by atoms with Crippen LogP contribution in [0, 0.1) is 5.82 Å². The van der Waals surface area contributed by atoms with E-state index in [1.165, 1.54) is 23.1 Å². The van der Waals surface area contributed by atoms with Gasteiger partial charge in [-0.05, 0) is 50.8 Å². The molecule has 11 heteroatoms. The quantitative estimate of drug-likeness (QED) is 0.258. The molecule has 1 aromatic rings. The molecular formula is C25H28FN3O7. The van der Waals surface area contributed by atoms with Crippen molar-refractivity contribution in [3.63, 3.8) is 0 Å². The van der Waals surface area contributed by atoms with Crippen molar-refractivity contribution in [3.8, 4) is 0 Å². The fraction of sp³-hybridized carbons (Fsp3) is 0.480. The number of nitrogens with one attached hydrogen (secondary N) is 1. The van der Waals surface area contributed by atoms with Crippen LogP contribution in [0.15, 0.2) is 36.4 Å². The van der Waals surface area contributed by atoms with Crippen molar-refractivity contribution >= 4 is 35.7 Å². The number of rotatable bonds is 7. The highest BCUT2D eigenvalue weighted by atomic mass is 19.1. The van der Waals surface area contributed by atoms with Gasteiger partial charge in [0.25, 0.3) is 5.91 Å². The Morgan fingerprint density at radius 2 is 2.03 bits per heavy atom. The number of amides is 3. The lowest BCUT2D eigenvalue weighted by Crippen LogP contribution is -2.58. The van der Waals surface area contributed by atoms with Crippen LogP contribution in [-0.4, -0.2) is 71.9 Å². The van der Waals surface area contributed by atoms with Gasteiger partial charge in [0.05, 0.1) is 6.42 Å². The van der Waals surface area contributed by atoms with Gasteiger partial charge >= 0.3 is 5.97 Å². The summed E-state index contributed by atoms with van der Waals surface area (Å²) in [4.78, 5) is 65.5. The lowest BCUT2D eigenvalue weighted by molar-refractivity contribution is -0.164. The Balaban J connectivity index is 1.61. The molecule has 0 saturated carbocycles. The number of hydrogen-bond acceptors (Lipinski definition) is 7. The van der Waals surface area contributed by atoms with Gasteiger partial charge in [-0.3, -0.25) is 28.9 Å². The first-order valence-corrected chi connectivity index (χ1v) is 12.0. The standard InChI is InChI=1S/C25H28FN3O7/c1-2-35-25-18(13-22(32)36-25)27-23(33)19-11-10-16-7-3-4-9-20(24(34)29(16)19)28(21(31)14-30)17-8-5-6-15(26)12-17/h3-6,8,12,14,16,18-20,25H,2,7,9-11,13H2,1H3,(H,27,33)/t16-,18?,19+,20+,25?/m1/s1. The van der Waals surface area contributed by atoms with E-state index in [1.807, 2.05) is 6.08 Å². The molecule has 1 N–H and O–H groups in total. The van der Waals surface area contributed by atoms with Crippen LogP contribution in [0.4, 0.5) is 10.1 Å². The highest BCUT2D eigenvalue weighted by Gasteiger charge is 2.47. The number of hydrogen-bond donors (Lipinski definition) is 1. The number of nitrogens with zero attached hydrogens (tertiary/aromatic N) is 2. The van der Waals surface area contributed by atoms with E-state index in [9.17, 15) is 28.4 Å². The van der Waals surface area contributed by atoms with Gasteiger partial charge in [0.1, 0.15) is 23.9 Å². The van der Waals surface area contributed by atoms with Crippen LogP contribution in [0.1, 0.15) is 39.0 Å². The van der Waals surface area contributed by atoms with Crippen molar-refractivity contribution in [2.75, 3.05) is 11.5 Å². The Morgan fingerprint density at radius 1 is 1.25 bits per heavy atom. The second kappa shape index (κ2) is 11.0. The zero-order chi connectivity index (χ0) is 25.8. The maximum absolute atomic E-state index is 14.0. The van der Waals surface area contributed by atoms with Crippen molar-refractivity contribution in [2.45, 2.75) is 69.5 Å². The summed E-state index contributed by atoms with van der Waals surface area (Å²) in [6.07, 6.45) is 4.30. The zero-order valence-corrected chi connectivity index (χ0v) is 19.8. The van der Waals surface area contributed by atoms with Crippen molar-refractivity contribution in [3.05, 3.63) is 42.2 Å². The second-order valence-electron chi connectivity index (χ2n) is 8.89. The maximum Gasteiger partial charge on any atom is 0.310 e. The summed E-state index contributed by atoms with van der Waals surface area (Å²) >= 11 is 0. The number of fused-ring (bicyclic) bond motifs is 1. The van der Waals surface area contributed by atoms with E-state index in [4.69, 9.17) is 9.47 Å². The third kappa shape index (κ3) is 5.15. The number of carbonyl (C=O) groups is 5. The SMILES string of the molecule is CCOC1OC(=O)CC1NC(=O)[C@@H]1CC[C@H]2CC=CC[C@H](N(C(=O)C=O)c3cccc(F)c3)C(=O)N21. The number of aldehydes is 1. The highest BCUT2D eigenvalue weighted by molar-refractivity contribution is 6.31. The summed E-state index contributed by atoms with van der Waals surface area (Å²) < 4.78 is 24.5. The molecule has 1 aromatic carbocycles. The number of anilines is 1. The van der Waals surface area contributed by atoms with Crippen LogP contribution in [0.5, 0.6) is 0 Å². The van der Waals surface area contributed by atoms with E-state index < -0.39 is 53.9 Å². The highest BCUT2D eigenvalue weighted by Crippen LogP contribution is 2.32. The molecule has 4 rings (SSSR count). The average molecular weight is 502 g/mol. The third-order valence-corrected chi connectivity index (χ3v) is 6.64. The summed E-state index contributed by atoms with van der Waals surface area (Å²) in [7, 11) is 0. The van der Waals surface area contributed by atoms with Gasteiger partial charge < -0.3 is 19.7 Å². The van der Waals surface area contributed by atoms with E-state index in [1.54, 1.807) is 13.0 Å². The molecule has 0 bridgehead atoms. The van der Waals surface area contributed by atoms with E-state index in [2.05, 4.69) is 5.32 Å². The molecule has 3 amide bonds. The number of cyclic esters (lactones) is 1. The van der Waals surface area contributed by atoms with Gasteiger partial charge in [0.2, 0.25) is 24.4 Å². The third-order valence-electron chi connectivity index (χ3n) is 6.64. The zero-order valence-electron chi connectivity index (χ0n) is 19.8. The first-order valence-electron chi connectivity index (χ1n) is 12.0. The van der Waals surface area contributed by atoms with Crippen molar-refractivity contribution in [2.24, 2.45) is 0 Å². The molecule has 5 atom stereocenters. The molecule has 10 nitrogen and oxygen atoms in total. The van der Waals surface area contributed by atoms with E-state index >= 15 is 0 Å².